The highest BCUT2D eigenvalue weighted by Crippen LogP contribution is 2.28. The largest absolute Gasteiger partial charge is 0.497 e. The molecule has 0 fully saturated rings. The molecular formula is C21H21ClN4O3S. The van der Waals surface area contributed by atoms with E-state index in [0.717, 1.165) is 5.56 Å². The number of nitrogens with one attached hydrogen (secondary N) is 1. The smallest absolute Gasteiger partial charge is 0.234 e. The number of carbonyl (C=O) groups excluding carboxylic acids is 1. The van der Waals surface area contributed by atoms with E-state index in [9.17, 15) is 4.79 Å². The number of aromatic nitrogens is 3. The Balaban J connectivity index is 1.72. The zero-order valence-corrected chi connectivity index (χ0v) is 18.2. The molecule has 0 aliphatic carbocycles. The molecule has 0 atom stereocenters. The molecule has 0 aliphatic rings. The van der Waals surface area contributed by atoms with Crippen molar-refractivity contribution in [2.45, 2.75) is 11.7 Å². The number of hydrogen-bond donors (Lipinski definition) is 1. The molecule has 0 unspecified atom stereocenters. The van der Waals surface area contributed by atoms with E-state index in [4.69, 9.17) is 21.1 Å². The summed E-state index contributed by atoms with van der Waals surface area (Å²) in [5.41, 5.74) is 1.43. The first-order valence-electron chi connectivity index (χ1n) is 8.99. The average molecular weight is 445 g/mol. The van der Waals surface area contributed by atoms with Gasteiger partial charge in [-0.15, -0.1) is 16.8 Å². The van der Waals surface area contributed by atoms with Crippen LogP contribution >= 0.6 is 23.4 Å². The van der Waals surface area contributed by atoms with Gasteiger partial charge < -0.3 is 14.8 Å². The first kappa shape index (κ1) is 21.7. The molecule has 2 aromatic carbocycles. The lowest BCUT2D eigenvalue weighted by atomic mass is 10.2. The minimum absolute atomic E-state index is 0.157. The number of hydrogen-bond acceptors (Lipinski definition) is 6. The van der Waals surface area contributed by atoms with E-state index < -0.39 is 0 Å². The molecule has 0 saturated carbocycles. The van der Waals surface area contributed by atoms with Crippen molar-refractivity contribution in [1.29, 1.82) is 0 Å². The number of nitrogens with zero attached hydrogens (tertiary/aromatic N) is 3. The number of halogens is 1. The molecular weight excluding hydrogens is 424 g/mol. The molecule has 1 aromatic heterocycles. The van der Waals surface area contributed by atoms with E-state index in [1.54, 1.807) is 44.6 Å². The molecule has 0 saturated heterocycles. The van der Waals surface area contributed by atoms with Gasteiger partial charge >= 0.3 is 0 Å². The van der Waals surface area contributed by atoms with Gasteiger partial charge in [0.25, 0.3) is 0 Å². The Kier molecular flexibility index (Phi) is 7.37. The lowest BCUT2D eigenvalue weighted by Gasteiger charge is -2.10. The van der Waals surface area contributed by atoms with E-state index in [2.05, 4.69) is 22.1 Å². The van der Waals surface area contributed by atoms with Crippen LogP contribution in [0.2, 0.25) is 5.02 Å². The van der Waals surface area contributed by atoms with Gasteiger partial charge in [-0.25, -0.2) is 0 Å². The summed E-state index contributed by atoms with van der Waals surface area (Å²) >= 11 is 7.39. The third kappa shape index (κ3) is 5.34. The Morgan fingerprint density at radius 3 is 2.57 bits per heavy atom. The molecule has 3 aromatic rings. The number of thioether (sulfide) groups is 1. The Bertz CT molecular complexity index is 1030. The molecule has 1 N–H and O–H groups in total. The Hall–Kier alpha value is -2.97. The van der Waals surface area contributed by atoms with Gasteiger partial charge in [0.2, 0.25) is 5.91 Å². The topological polar surface area (TPSA) is 78.3 Å². The normalized spacial score (nSPS) is 10.5. The van der Waals surface area contributed by atoms with Crippen LogP contribution in [0.3, 0.4) is 0 Å². The lowest BCUT2D eigenvalue weighted by Crippen LogP contribution is -2.15. The van der Waals surface area contributed by atoms with Crippen molar-refractivity contribution in [2.75, 3.05) is 25.3 Å². The van der Waals surface area contributed by atoms with Crippen molar-refractivity contribution < 1.29 is 14.3 Å². The summed E-state index contributed by atoms with van der Waals surface area (Å²) in [5, 5.41) is 12.6. The Morgan fingerprint density at radius 1 is 1.20 bits per heavy atom. The molecule has 1 heterocycles. The maximum absolute atomic E-state index is 12.5. The summed E-state index contributed by atoms with van der Waals surface area (Å²) in [6, 6.07) is 12.6. The fourth-order valence-corrected chi connectivity index (χ4v) is 3.68. The van der Waals surface area contributed by atoms with Gasteiger partial charge in [-0.1, -0.05) is 41.6 Å². The van der Waals surface area contributed by atoms with Crippen molar-refractivity contribution in [3.05, 3.63) is 60.1 Å². The van der Waals surface area contributed by atoms with Crippen molar-refractivity contribution in [3.63, 3.8) is 0 Å². The highest BCUT2D eigenvalue weighted by Gasteiger charge is 2.15. The van der Waals surface area contributed by atoms with Crippen LogP contribution in [0.4, 0.5) is 5.69 Å². The van der Waals surface area contributed by atoms with Crippen molar-refractivity contribution in [3.8, 4) is 22.9 Å². The molecule has 30 heavy (non-hydrogen) atoms. The van der Waals surface area contributed by atoms with Crippen LogP contribution in [0.5, 0.6) is 11.5 Å². The van der Waals surface area contributed by atoms with E-state index in [0.29, 0.717) is 39.7 Å². The molecule has 1 amide bonds. The number of carbonyl (C=O) groups is 1. The summed E-state index contributed by atoms with van der Waals surface area (Å²) in [5.74, 6) is 1.82. The standard InChI is InChI=1S/C21H21ClN4O3S/c1-4-8-26-20(14-6-5-7-15(22)9-14)24-25-21(26)30-13-19(27)23-16-10-17(28-2)12-18(11-16)29-3/h4-7,9-12H,1,8,13H2,2-3H3,(H,23,27). The minimum Gasteiger partial charge on any atom is -0.497 e. The van der Waals surface area contributed by atoms with Gasteiger partial charge in [0, 0.05) is 41.0 Å². The third-order valence-electron chi connectivity index (χ3n) is 4.08. The maximum atomic E-state index is 12.5. The average Bonchev–Trinajstić information content (AvgIpc) is 3.14. The highest BCUT2D eigenvalue weighted by atomic mass is 35.5. The van der Waals surface area contributed by atoms with Crippen LogP contribution in [0.15, 0.2) is 60.3 Å². The van der Waals surface area contributed by atoms with E-state index in [1.165, 1.54) is 11.8 Å². The van der Waals surface area contributed by atoms with E-state index in [-0.39, 0.29) is 11.7 Å². The van der Waals surface area contributed by atoms with Crippen molar-refractivity contribution in [1.82, 2.24) is 14.8 Å². The lowest BCUT2D eigenvalue weighted by molar-refractivity contribution is -0.113. The summed E-state index contributed by atoms with van der Waals surface area (Å²) in [7, 11) is 3.11. The second-order valence-corrected chi connectivity index (χ2v) is 7.53. The summed E-state index contributed by atoms with van der Waals surface area (Å²) in [6.45, 7) is 4.30. The monoisotopic (exact) mass is 444 g/mol. The molecule has 9 heteroatoms. The second-order valence-electron chi connectivity index (χ2n) is 6.15. The first-order valence-corrected chi connectivity index (χ1v) is 10.4. The molecule has 7 nitrogen and oxygen atoms in total. The summed E-state index contributed by atoms with van der Waals surface area (Å²) in [6.07, 6.45) is 1.75. The fourth-order valence-electron chi connectivity index (χ4n) is 2.74. The highest BCUT2D eigenvalue weighted by molar-refractivity contribution is 7.99. The van der Waals surface area contributed by atoms with Crippen LogP contribution in [-0.4, -0.2) is 40.6 Å². The summed E-state index contributed by atoms with van der Waals surface area (Å²) in [4.78, 5) is 12.5. The number of ether oxygens (including phenoxy) is 2. The predicted octanol–water partition coefficient (Wildman–Crippen LogP) is 4.53. The quantitative estimate of drug-likeness (QED) is 0.386. The number of methoxy groups -OCH3 is 2. The number of amides is 1. The SMILES string of the molecule is C=CCn1c(SCC(=O)Nc2cc(OC)cc(OC)c2)nnc1-c1cccc(Cl)c1. The number of anilines is 1. The molecule has 0 spiro atoms. The van der Waals surface area contributed by atoms with E-state index >= 15 is 0 Å². The molecule has 156 valence electrons. The van der Waals surface area contributed by atoms with Crippen LogP contribution < -0.4 is 14.8 Å². The molecule has 0 aliphatic heterocycles. The maximum Gasteiger partial charge on any atom is 0.234 e. The van der Waals surface area contributed by atoms with Crippen LogP contribution in [0.1, 0.15) is 0 Å². The number of allylic oxidation sites excluding steroid dienone is 1. The predicted molar refractivity (Wildman–Crippen MR) is 120 cm³/mol. The van der Waals surface area contributed by atoms with E-state index in [1.807, 2.05) is 22.8 Å². The zero-order chi connectivity index (χ0) is 21.5. The van der Waals surface area contributed by atoms with Gasteiger partial charge in [-0.05, 0) is 12.1 Å². The summed E-state index contributed by atoms with van der Waals surface area (Å²) < 4.78 is 12.3. The van der Waals surface area contributed by atoms with Crippen LogP contribution in [-0.2, 0) is 11.3 Å². The molecule has 0 bridgehead atoms. The zero-order valence-electron chi connectivity index (χ0n) is 16.6. The van der Waals surface area contributed by atoms with Gasteiger partial charge in [0.15, 0.2) is 11.0 Å². The second kappa shape index (κ2) is 10.2. The first-order chi connectivity index (χ1) is 14.5. The third-order valence-corrected chi connectivity index (χ3v) is 5.28. The van der Waals surface area contributed by atoms with Gasteiger partial charge in [-0.3, -0.25) is 9.36 Å². The Labute approximate surface area is 184 Å². The number of benzene rings is 2. The van der Waals surface area contributed by atoms with Gasteiger partial charge in [0.1, 0.15) is 11.5 Å². The van der Waals surface area contributed by atoms with Crippen LogP contribution in [0.25, 0.3) is 11.4 Å². The van der Waals surface area contributed by atoms with Gasteiger partial charge in [0.05, 0.1) is 20.0 Å². The molecule has 3 rings (SSSR count). The van der Waals surface area contributed by atoms with Gasteiger partial charge in [-0.2, -0.15) is 0 Å². The van der Waals surface area contributed by atoms with Crippen LogP contribution in [0, 0.1) is 0 Å². The van der Waals surface area contributed by atoms with Crippen molar-refractivity contribution in [2.24, 2.45) is 0 Å². The fraction of sp³-hybridized carbons (Fsp3) is 0.190. The Morgan fingerprint density at radius 2 is 1.93 bits per heavy atom. The minimum atomic E-state index is -0.187. The van der Waals surface area contributed by atoms with Crippen molar-refractivity contribution >= 4 is 35.0 Å². The number of rotatable bonds is 9. The molecule has 0 radical (unpaired) electrons.